The molecule has 0 aliphatic rings. The van der Waals surface area contributed by atoms with E-state index in [1.165, 1.54) is 12.1 Å². The summed E-state index contributed by atoms with van der Waals surface area (Å²) in [6.07, 6.45) is 1.70. The van der Waals surface area contributed by atoms with Gasteiger partial charge in [-0.1, -0.05) is 0 Å². The van der Waals surface area contributed by atoms with Gasteiger partial charge in [-0.3, -0.25) is 9.54 Å². The third-order valence-electron chi connectivity index (χ3n) is 2.09. The predicted octanol–water partition coefficient (Wildman–Crippen LogP) is 2.21. The van der Waals surface area contributed by atoms with Gasteiger partial charge >= 0.3 is 0 Å². The Morgan fingerprint density at radius 1 is 1.25 bits per heavy atom. The van der Waals surface area contributed by atoms with Crippen molar-refractivity contribution >= 4 is 33.4 Å². The summed E-state index contributed by atoms with van der Waals surface area (Å²) in [4.78, 5) is 4.02. The normalized spacial score (nSPS) is 11.1. The summed E-state index contributed by atoms with van der Waals surface area (Å²) in [5.41, 5.74) is 1.64. The first kappa shape index (κ1) is 12.9. The highest BCUT2D eigenvalue weighted by Crippen LogP contribution is 2.18. The van der Waals surface area contributed by atoms with Gasteiger partial charge in [0.1, 0.15) is 0 Å². The minimum absolute atomic E-state index is 0. The Balaban J connectivity index is 0.00000128. The van der Waals surface area contributed by atoms with Crippen LogP contribution < -0.4 is 0 Å². The van der Waals surface area contributed by atoms with Crippen LogP contribution in [0.1, 0.15) is 5.56 Å². The van der Waals surface area contributed by atoms with Gasteiger partial charge < -0.3 is 0 Å². The fraction of sp³-hybridized carbons (Fsp3) is 0.100. The van der Waals surface area contributed by atoms with E-state index in [2.05, 4.69) is 4.98 Å². The lowest BCUT2D eigenvalue weighted by molar-refractivity contribution is 0.483. The van der Waals surface area contributed by atoms with E-state index in [1.807, 2.05) is 13.0 Å². The second-order valence-corrected chi connectivity index (χ2v) is 4.76. The van der Waals surface area contributed by atoms with Gasteiger partial charge in [0.05, 0.1) is 10.4 Å². The van der Waals surface area contributed by atoms with Gasteiger partial charge in [-0.05, 0) is 36.8 Å². The van der Waals surface area contributed by atoms with E-state index in [0.29, 0.717) is 10.9 Å². The van der Waals surface area contributed by atoms with Crippen molar-refractivity contribution in [1.82, 2.24) is 4.98 Å². The molecule has 0 unspecified atom stereocenters. The molecule has 0 aliphatic heterocycles. The molecule has 0 radical (unpaired) electrons. The number of hydrogen-bond donors (Lipinski definition) is 1. The molecule has 0 fully saturated rings. The number of benzene rings is 1. The van der Waals surface area contributed by atoms with Crippen LogP contribution in [0, 0.1) is 6.92 Å². The zero-order chi connectivity index (χ0) is 11.1. The van der Waals surface area contributed by atoms with Crippen LogP contribution in [0.15, 0.2) is 35.4 Å². The number of pyridine rings is 1. The summed E-state index contributed by atoms with van der Waals surface area (Å²) < 4.78 is 30.7. The van der Waals surface area contributed by atoms with Crippen molar-refractivity contribution in [2.45, 2.75) is 11.8 Å². The number of aryl methyl sites for hydroxylation is 1. The number of fused-ring (bicyclic) bond motifs is 1. The summed E-state index contributed by atoms with van der Waals surface area (Å²) >= 11 is 0. The van der Waals surface area contributed by atoms with Crippen molar-refractivity contribution in [1.29, 1.82) is 0 Å². The van der Waals surface area contributed by atoms with Crippen LogP contribution in [-0.2, 0) is 10.1 Å². The number of hydrogen-bond acceptors (Lipinski definition) is 3. The number of nitrogens with zero attached hydrogens (tertiary/aromatic N) is 1. The lowest BCUT2D eigenvalue weighted by atomic mass is 10.2. The van der Waals surface area contributed by atoms with Crippen LogP contribution in [0.4, 0.5) is 0 Å². The number of aromatic nitrogens is 1. The van der Waals surface area contributed by atoms with E-state index in [4.69, 9.17) is 4.55 Å². The minimum Gasteiger partial charge on any atom is -0.282 e. The molecule has 1 heterocycles. The van der Waals surface area contributed by atoms with E-state index in [1.54, 1.807) is 12.3 Å². The average Bonchev–Trinajstić information content (AvgIpc) is 2.15. The molecule has 2 rings (SSSR count). The van der Waals surface area contributed by atoms with Crippen LogP contribution in [-0.4, -0.2) is 18.0 Å². The molecule has 86 valence electrons. The zero-order valence-electron chi connectivity index (χ0n) is 8.41. The molecule has 16 heavy (non-hydrogen) atoms. The molecule has 0 saturated carbocycles. The molecule has 0 spiro atoms. The maximum absolute atomic E-state index is 10.9. The van der Waals surface area contributed by atoms with Crippen molar-refractivity contribution in [3.8, 4) is 0 Å². The van der Waals surface area contributed by atoms with E-state index < -0.39 is 10.1 Å². The molecule has 0 amide bonds. The predicted molar refractivity (Wildman–Crippen MR) is 63.5 cm³/mol. The Bertz CT molecular complexity index is 625. The molecule has 1 aromatic heterocycles. The van der Waals surface area contributed by atoms with Gasteiger partial charge in [0.2, 0.25) is 0 Å². The Labute approximate surface area is 99.5 Å². The Kier molecular flexibility index (Phi) is 3.52. The molecule has 1 aromatic carbocycles. The van der Waals surface area contributed by atoms with Crippen LogP contribution >= 0.6 is 12.4 Å². The van der Waals surface area contributed by atoms with Crippen molar-refractivity contribution < 1.29 is 13.0 Å². The highest BCUT2D eigenvalue weighted by Gasteiger charge is 2.09. The SMILES string of the molecule is Cc1cnc2ccc(S(=O)(=O)O)cc2c1.Cl. The van der Waals surface area contributed by atoms with Crippen LogP contribution in [0.3, 0.4) is 0 Å². The molecular weight excluding hydrogens is 250 g/mol. The maximum Gasteiger partial charge on any atom is 0.294 e. The second-order valence-electron chi connectivity index (χ2n) is 3.34. The van der Waals surface area contributed by atoms with Gasteiger partial charge in [-0.15, -0.1) is 12.4 Å². The average molecular weight is 260 g/mol. The van der Waals surface area contributed by atoms with Gasteiger partial charge in [0.25, 0.3) is 10.1 Å². The molecule has 1 N–H and O–H groups in total. The first-order chi connectivity index (χ1) is 6.97. The third kappa shape index (κ3) is 2.49. The molecule has 0 bridgehead atoms. The molecule has 4 nitrogen and oxygen atoms in total. The molecule has 0 atom stereocenters. The Morgan fingerprint density at radius 3 is 2.56 bits per heavy atom. The monoisotopic (exact) mass is 259 g/mol. The van der Waals surface area contributed by atoms with E-state index >= 15 is 0 Å². The lowest BCUT2D eigenvalue weighted by Gasteiger charge is -2.01. The van der Waals surface area contributed by atoms with E-state index in [-0.39, 0.29) is 17.3 Å². The molecule has 6 heteroatoms. The highest BCUT2D eigenvalue weighted by molar-refractivity contribution is 7.85. The molecule has 2 aromatic rings. The topological polar surface area (TPSA) is 67.3 Å². The molecular formula is C10H10ClNO3S. The summed E-state index contributed by atoms with van der Waals surface area (Å²) in [6.45, 7) is 1.87. The number of halogens is 1. The van der Waals surface area contributed by atoms with Gasteiger partial charge in [-0.2, -0.15) is 8.42 Å². The Morgan fingerprint density at radius 2 is 1.94 bits per heavy atom. The van der Waals surface area contributed by atoms with Crippen LogP contribution in [0.2, 0.25) is 0 Å². The van der Waals surface area contributed by atoms with Crippen LogP contribution in [0.5, 0.6) is 0 Å². The van der Waals surface area contributed by atoms with E-state index in [0.717, 1.165) is 5.56 Å². The summed E-state index contributed by atoms with van der Waals surface area (Å²) in [5.74, 6) is 0. The van der Waals surface area contributed by atoms with Gasteiger partial charge in [-0.25, -0.2) is 0 Å². The fourth-order valence-corrected chi connectivity index (χ4v) is 1.90. The quantitative estimate of drug-likeness (QED) is 0.798. The van der Waals surface area contributed by atoms with Crippen molar-refractivity contribution in [2.75, 3.05) is 0 Å². The molecule has 0 aliphatic carbocycles. The molecule has 0 saturated heterocycles. The first-order valence-electron chi connectivity index (χ1n) is 4.31. The summed E-state index contributed by atoms with van der Waals surface area (Å²) in [6, 6.07) is 6.12. The second kappa shape index (κ2) is 4.37. The van der Waals surface area contributed by atoms with Gasteiger partial charge in [0, 0.05) is 11.6 Å². The number of rotatable bonds is 1. The maximum atomic E-state index is 10.9. The van der Waals surface area contributed by atoms with Crippen molar-refractivity contribution in [3.05, 3.63) is 36.0 Å². The lowest BCUT2D eigenvalue weighted by Crippen LogP contribution is -1.97. The Hall–Kier alpha value is -1.17. The summed E-state index contributed by atoms with van der Waals surface area (Å²) in [5, 5.41) is 0.699. The van der Waals surface area contributed by atoms with Gasteiger partial charge in [0.15, 0.2) is 0 Å². The largest absolute Gasteiger partial charge is 0.294 e. The van der Waals surface area contributed by atoms with Crippen molar-refractivity contribution in [2.24, 2.45) is 0 Å². The highest BCUT2D eigenvalue weighted by atomic mass is 35.5. The summed E-state index contributed by atoms with van der Waals surface area (Å²) in [7, 11) is -4.13. The van der Waals surface area contributed by atoms with E-state index in [9.17, 15) is 8.42 Å². The van der Waals surface area contributed by atoms with Crippen LogP contribution in [0.25, 0.3) is 10.9 Å². The fourth-order valence-electron chi connectivity index (χ4n) is 1.38. The van der Waals surface area contributed by atoms with Crippen molar-refractivity contribution in [3.63, 3.8) is 0 Å². The smallest absolute Gasteiger partial charge is 0.282 e. The minimum atomic E-state index is -4.13. The zero-order valence-corrected chi connectivity index (χ0v) is 10.0. The first-order valence-corrected chi connectivity index (χ1v) is 5.75. The standard InChI is InChI=1S/C10H9NO3S.ClH/c1-7-4-8-5-9(15(12,13)14)2-3-10(8)11-6-7;/h2-6H,1H3,(H,12,13,14);1H. The third-order valence-corrected chi connectivity index (χ3v) is 2.94.